The van der Waals surface area contributed by atoms with Crippen LogP contribution in [0.2, 0.25) is 0 Å². The number of alkyl halides is 9. The Morgan fingerprint density at radius 2 is 1.13 bits per heavy atom. The number of hydrogen-bond donors (Lipinski definition) is 2. The van der Waals surface area contributed by atoms with Crippen LogP contribution in [-0.2, 0) is 28.2 Å². The van der Waals surface area contributed by atoms with Gasteiger partial charge in [0.1, 0.15) is 0 Å². The van der Waals surface area contributed by atoms with Crippen LogP contribution in [-0.4, -0.2) is 81.6 Å². The molecule has 1 aliphatic rings. The number of aromatic nitrogens is 1. The van der Waals surface area contributed by atoms with Crippen LogP contribution in [0.5, 0.6) is 0 Å². The fourth-order valence-electron chi connectivity index (χ4n) is 4.40. The van der Waals surface area contributed by atoms with Crippen LogP contribution in [0.4, 0.5) is 39.5 Å². The Kier molecular flexibility index (Phi) is 10.9. The van der Waals surface area contributed by atoms with Crippen molar-refractivity contribution in [3.63, 3.8) is 0 Å². The van der Waals surface area contributed by atoms with Gasteiger partial charge in [0.2, 0.25) is 5.91 Å². The quantitative estimate of drug-likeness (QED) is 0.338. The number of carboxylic acids is 1. The highest BCUT2D eigenvalue weighted by atomic mass is 19.4. The maximum atomic E-state index is 13.1. The molecule has 0 bridgehead atoms. The monoisotopic (exact) mass is 651 g/mol. The summed E-state index contributed by atoms with van der Waals surface area (Å²) in [5, 5.41) is 16.7. The number of nitrogens with zero attached hydrogens (tertiary/aromatic N) is 3. The van der Waals surface area contributed by atoms with Crippen molar-refractivity contribution in [2.45, 2.75) is 37.1 Å². The molecular formula is C29H26F9N3O4. The first-order valence-electron chi connectivity index (χ1n) is 13.1. The number of carbonyl (C=O) groups excluding carboxylic acids is 1. The summed E-state index contributed by atoms with van der Waals surface area (Å²) >= 11 is 0. The second-order valence-electron chi connectivity index (χ2n) is 9.97. The number of piperazine rings is 1. The highest BCUT2D eigenvalue weighted by Gasteiger charge is 2.71. The largest absolute Gasteiger partial charge is 0.490 e. The van der Waals surface area contributed by atoms with Gasteiger partial charge < -0.3 is 15.1 Å². The van der Waals surface area contributed by atoms with E-state index < -0.39 is 35.7 Å². The van der Waals surface area contributed by atoms with Gasteiger partial charge in [-0.2, -0.15) is 39.5 Å². The second-order valence-corrected chi connectivity index (χ2v) is 9.97. The molecule has 16 heteroatoms. The van der Waals surface area contributed by atoms with Gasteiger partial charge in [-0.05, 0) is 34.4 Å². The number of aliphatic carboxylic acids is 1. The van der Waals surface area contributed by atoms with E-state index in [0.29, 0.717) is 36.3 Å². The summed E-state index contributed by atoms with van der Waals surface area (Å²) in [7, 11) is 0. The standard InChI is InChI=1S/C27H25F6N3O2.C2HF3O2/c28-26(29,30)25(38,27(31,32)33)23-7-5-22(6-8-23)21-3-1-19(2-4-21)17-24(37)36-15-13-35(14-16-36)18-20-9-11-34-12-10-20;3-2(4,5)1(6)7/h1-12,38H,13-18H2;(H,6,7). The Hall–Kier alpha value is -4.18. The lowest BCUT2D eigenvalue weighted by molar-refractivity contribution is -0.376. The summed E-state index contributed by atoms with van der Waals surface area (Å²) in [6, 6.07) is 14.0. The zero-order valence-corrected chi connectivity index (χ0v) is 23.1. The molecule has 1 amide bonds. The summed E-state index contributed by atoms with van der Waals surface area (Å²) < 4.78 is 110. The first-order valence-corrected chi connectivity index (χ1v) is 13.1. The zero-order valence-electron chi connectivity index (χ0n) is 23.1. The van der Waals surface area contributed by atoms with Crippen LogP contribution >= 0.6 is 0 Å². The summed E-state index contributed by atoms with van der Waals surface area (Å²) in [6.07, 6.45) is -13.3. The van der Waals surface area contributed by atoms with E-state index >= 15 is 0 Å². The molecule has 2 aromatic carbocycles. The van der Waals surface area contributed by atoms with Gasteiger partial charge in [0.05, 0.1) is 6.42 Å². The van der Waals surface area contributed by atoms with Crippen molar-refractivity contribution in [1.82, 2.24) is 14.8 Å². The van der Waals surface area contributed by atoms with Gasteiger partial charge in [0, 0.05) is 50.7 Å². The average molecular weight is 652 g/mol. The highest BCUT2D eigenvalue weighted by molar-refractivity contribution is 5.79. The molecule has 2 N–H and O–H groups in total. The van der Waals surface area contributed by atoms with E-state index in [1.54, 1.807) is 41.6 Å². The lowest BCUT2D eigenvalue weighted by Crippen LogP contribution is -2.53. The first-order chi connectivity index (χ1) is 20.8. The van der Waals surface area contributed by atoms with Crippen LogP contribution in [0.15, 0.2) is 73.1 Å². The molecule has 0 unspecified atom stereocenters. The molecule has 0 atom stereocenters. The van der Waals surface area contributed by atoms with Crippen molar-refractivity contribution >= 4 is 11.9 Å². The summed E-state index contributed by atoms with van der Waals surface area (Å²) in [4.78, 5) is 29.7. The van der Waals surface area contributed by atoms with Crippen LogP contribution in [0.1, 0.15) is 16.7 Å². The highest BCUT2D eigenvalue weighted by Crippen LogP contribution is 2.50. The molecule has 1 saturated heterocycles. The van der Waals surface area contributed by atoms with E-state index in [4.69, 9.17) is 9.90 Å². The maximum Gasteiger partial charge on any atom is 0.490 e. The number of pyridine rings is 1. The number of rotatable bonds is 6. The number of amides is 1. The second kappa shape index (κ2) is 13.9. The normalized spacial score (nSPS) is 14.8. The van der Waals surface area contributed by atoms with Gasteiger partial charge in [-0.3, -0.25) is 14.7 Å². The number of carboxylic acid groups (broad SMARTS) is 1. The van der Waals surface area contributed by atoms with Gasteiger partial charge in [-0.25, -0.2) is 4.79 Å². The van der Waals surface area contributed by atoms with Crippen LogP contribution in [0.25, 0.3) is 11.1 Å². The van der Waals surface area contributed by atoms with E-state index in [1.807, 2.05) is 12.1 Å². The number of benzene rings is 2. The Morgan fingerprint density at radius 3 is 1.56 bits per heavy atom. The molecule has 0 saturated carbocycles. The van der Waals surface area contributed by atoms with E-state index in [9.17, 15) is 49.4 Å². The Morgan fingerprint density at radius 1 is 0.689 bits per heavy atom. The Labute approximate surface area is 250 Å². The van der Waals surface area contributed by atoms with Gasteiger partial charge in [-0.15, -0.1) is 0 Å². The molecule has 0 aliphatic carbocycles. The third-order valence-electron chi connectivity index (χ3n) is 6.89. The van der Waals surface area contributed by atoms with Crippen LogP contribution in [0, 0.1) is 0 Å². The first kappa shape index (κ1) is 35.3. The van der Waals surface area contributed by atoms with Gasteiger partial charge in [-0.1, -0.05) is 48.5 Å². The summed E-state index contributed by atoms with van der Waals surface area (Å²) in [5.41, 5.74) is -3.48. The van der Waals surface area contributed by atoms with Crippen LogP contribution in [0.3, 0.4) is 0 Å². The van der Waals surface area contributed by atoms with Crippen molar-refractivity contribution < 1.29 is 59.3 Å². The molecule has 1 aliphatic heterocycles. The molecule has 244 valence electrons. The lowest BCUT2D eigenvalue weighted by atomic mass is 9.90. The summed E-state index contributed by atoms with van der Waals surface area (Å²) in [6.45, 7) is 3.51. The number of aliphatic hydroxyl groups is 1. The molecule has 1 fully saturated rings. The average Bonchev–Trinajstić information content (AvgIpc) is 2.97. The molecule has 1 aromatic heterocycles. The van der Waals surface area contributed by atoms with Crippen molar-refractivity contribution in [1.29, 1.82) is 0 Å². The molecular weight excluding hydrogens is 625 g/mol. The minimum atomic E-state index is -5.94. The minimum absolute atomic E-state index is 0.0238. The Balaban J connectivity index is 0.000000707. The lowest BCUT2D eigenvalue weighted by Gasteiger charge is -2.34. The SMILES string of the molecule is O=C(Cc1ccc(-c2ccc(C(O)(C(F)(F)F)C(F)(F)F)cc2)cc1)N1CCN(Cc2ccncc2)CC1.O=C(O)C(F)(F)F. The smallest absolute Gasteiger partial charge is 0.475 e. The molecule has 0 radical (unpaired) electrons. The van der Waals surface area contributed by atoms with E-state index in [0.717, 1.165) is 42.9 Å². The predicted molar refractivity (Wildman–Crippen MR) is 141 cm³/mol. The van der Waals surface area contributed by atoms with Crippen molar-refractivity contribution in [2.75, 3.05) is 26.2 Å². The zero-order chi connectivity index (χ0) is 33.6. The van der Waals surface area contributed by atoms with Crippen molar-refractivity contribution in [2.24, 2.45) is 0 Å². The third kappa shape index (κ3) is 8.94. The number of hydrogen-bond acceptors (Lipinski definition) is 5. The molecule has 0 spiro atoms. The van der Waals surface area contributed by atoms with E-state index in [-0.39, 0.29) is 12.3 Å². The van der Waals surface area contributed by atoms with E-state index in [2.05, 4.69) is 9.88 Å². The molecule has 7 nitrogen and oxygen atoms in total. The Bertz CT molecular complexity index is 1410. The topological polar surface area (TPSA) is 94.0 Å². The van der Waals surface area contributed by atoms with Gasteiger partial charge in [0.25, 0.3) is 5.60 Å². The third-order valence-corrected chi connectivity index (χ3v) is 6.89. The molecule has 2 heterocycles. The van der Waals surface area contributed by atoms with Crippen LogP contribution < -0.4 is 0 Å². The fourth-order valence-corrected chi connectivity index (χ4v) is 4.40. The van der Waals surface area contributed by atoms with Gasteiger partial charge >= 0.3 is 24.5 Å². The summed E-state index contributed by atoms with van der Waals surface area (Å²) in [5.74, 6) is -2.78. The van der Waals surface area contributed by atoms with E-state index in [1.165, 1.54) is 0 Å². The fraction of sp³-hybridized carbons (Fsp3) is 0.345. The molecule has 4 rings (SSSR count). The minimum Gasteiger partial charge on any atom is -0.475 e. The van der Waals surface area contributed by atoms with Crippen molar-refractivity contribution in [3.8, 4) is 11.1 Å². The maximum absolute atomic E-state index is 13.1. The predicted octanol–water partition coefficient (Wildman–Crippen LogP) is 5.58. The molecule has 45 heavy (non-hydrogen) atoms. The van der Waals surface area contributed by atoms with Crippen molar-refractivity contribution in [3.05, 3.63) is 89.7 Å². The van der Waals surface area contributed by atoms with Gasteiger partial charge in [0.15, 0.2) is 0 Å². The number of halogens is 9. The number of carbonyl (C=O) groups is 2. The molecule has 3 aromatic rings.